The number of nitrogens with zero attached hydrogens (tertiary/aromatic N) is 2. The molecule has 1 aliphatic heterocycles. The third kappa shape index (κ3) is 2.28. The molecule has 2 aromatic heterocycles. The predicted octanol–water partition coefficient (Wildman–Crippen LogP) is 2.51. The van der Waals surface area contributed by atoms with E-state index in [4.69, 9.17) is 0 Å². The van der Waals surface area contributed by atoms with Gasteiger partial charge < -0.3 is 15.2 Å². The molecule has 2 N–H and O–H groups in total. The van der Waals surface area contributed by atoms with Crippen LogP contribution in [0.3, 0.4) is 0 Å². The molecule has 0 spiro atoms. The van der Waals surface area contributed by atoms with Crippen LogP contribution in [0.15, 0.2) is 18.5 Å². The number of aromatic amines is 1. The molecule has 0 saturated carbocycles. The second-order valence-corrected chi connectivity index (χ2v) is 4.99. The molecule has 5 nitrogen and oxygen atoms in total. The molecule has 1 saturated heterocycles. The molecule has 3 heterocycles. The summed E-state index contributed by atoms with van der Waals surface area (Å²) in [5.74, 6) is -0.0602. The van der Waals surface area contributed by atoms with Gasteiger partial charge in [0.05, 0.1) is 17.6 Å². The van der Waals surface area contributed by atoms with E-state index in [0.29, 0.717) is 0 Å². The number of anilines is 2. The van der Waals surface area contributed by atoms with Crippen molar-refractivity contribution in [1.29, 1.82) is 0 Å². The van der Waals surface area contributed by atoms with Crippen molar-refractivity contribution < 1.29 is 4.79 Å². The topological polar surface area (TPSA) is 61.0 Å². The lowest BCUT2D eigenvalue weighted by Crippen LogP contribution is -2.30. The molecular formula is C14H18N4O. The van der Waals surface area contributed by atoms with Crippen molar-refractivity contribution in [3.8, 4) is 0 Å². The number of piperidine rings is 1. The van der Waals surface area contributed by atoms with Gasteiger partial charge in [0.25, 0.3) is 0 Å². The zero-order valence-corrected chi connectivity index (χ0v) is 11.1. The first kappa shape index (κ1) is 12.0. The van der Waals surface area contributed by atoms with Gasteiger partial charge in [-0.25, -0.2) is 4.98 Å². The van der Waals surface area contributed by atoms with E-state index < -0.39 is 0 Å². The number of carbonyl (C=O) groups is 1. The van der Waals surface area contributed by atoms with Crippen molar-refractivity contribution >= 4 is 28.3 Å². The molecule has 0 bridgehead atoms. The van der Waals surface area contributed by atoms with Crippen molar-refractivity contribution in [2.24, 2.45) is 0 Å². The molecule has 0 aliphatic carbocycles. The zero-order valence-electron chi connectivity index (χ0n) is 11.1. The second kappa shape index (κ2) is 4.91. The maximum Gasteiger partial charge on any atom is 0.221 e. The standard InChI is InChI=1S/C14H18N4O/c1-10(19)17-12-9-16-14-11(5-6-15-14)13(12)18-7-3-2-4-8-18/h5-6,9H,2-4,7-8H2,1H3,(H,15,16)(H,17,19). The predicted molar refractivity (Wildman–Crippen MR) is 76.5 cm³/mol. The smallest absolute Gasteiger partial charge is 0.221 e. The summed E-state index contributed by atoms with van der Waals surface area (Å²) in [5, 5.41) is 3.97. The van der Waals surface area contributed by atoms with Gasteiger partial charge in [0, 0.05) is 31.6 Å². The van der Waals surface area contributed by atoms with Crippen molar-refractivity contribution in [2.45, 2.75) is 26.2 Å². The minimum atomic E-state index is -0.0602. The summed E-state index contributed by atoms with van der Waals surface area (Å²) in [6.45, 7) is 3.61. The normalized spacial score (nSPS) is 15.7. The van der Waals surface area contributed by atoms with E-state index in [1.165, 1.54) is 26.2 Å². The summed E-state index contributed by atoms with van der Waals surface area (Å²) in [7, 11) is 0. The average Bonchev–Trinajstić information content (AvgIpc) is 2.87. The number of amides is 1. The number of pyridine rings is 1. The number of carbonyl (C=O) groups excluding carboxylic acids is 1. The Balaban J connectivity index is 2.10. The highest BCUT2D eigenvalue weighted by atomic mass is 16.1. The number of rotatable bonds is 2. The van der Waals surface area contributed by atoms with Gasteiger partial charge >= 0.3 is 0 Å². The maximum absolute atomic E-state index is 11.4. The summed E-state index contributed by atoms with van der Waals surface area (Å²) < 4.78 is 0. The van der Waals surface area contributed by atoms with Gasteiger partial charge in [-0.3, -0.25) is 4.79 Å². The first-order valence-corrected chi connectivity index (χ1v) is 6.74. The SMILES string of the molecule is CC(=O)Nc1cnc2[nH]ccc2c1N1CCCCC1. The number of H-pyrrole nitrogens is 1. The first-order valence-electron chi connectivity index (χ1n) is 6.74. The summed E-state index contributed by atoms with van der Waals surface area (Å²) in [6, 6.07) is 2.03. The molecule has 1 aliphatic rings. The fourth-order valence-corrected chi connectivity index (χ4v) is 2.73. The van der Waals surface area contributed by atoms with Crippen molar-refractivity contribution in [1.82, 2.24) is 9.97 Å². The number of nitrogens with one attached hydrogen (secondary N) is 2. The molecule has 5 heteroatoms. The van der Waals surface area contributed by atoms with Crippen LogP contribution in [0.25, 0.3) is 11.0 Å². The Morgan fingerprint density at radius 3 is 2.89 bits per heavy atom. The van der Waals surface area contributed by atoms with E-state index >= 15 is 0 Å². The highest BCUT2D eigenvalue weighted by molar-refractivity contribution is 6.02. The lowest BCUT2D eigenvalue weighted by atomic mass is 10.1. The monoisotopic (exact) mass is 258 g/mol. The van der Waals surface area contributed by atoms with Crippen molar-refractivity contribution in [3.05, 3.63) is 18.5 Å². The van der Waals surface area contributed by atoms with Crippen molar-refractivity contribution in [2.75, 3.05) is 23.3 Å². The summed E-state index contributed by atoms with van der Waals surface area (Å²) in [5.41, 5.74) is 2.78. The molecule has 0 atom stereocenters. The van der Waals surface area contributed by atoms with Crippen LogP contribution in [0.1, 0.15) is 26.2 Å². The van der Waals surface area contributed by atoms with E-state index in [1.807, 2.05) is 12.3 Å². The molecular weight excluding hydrogens is 240 g/mol. The number of fused-ring (bicyclic) bond motifs is 1. The van der Waals surface area contributed by atoms with Crippen LogP contribution in [0.4, 0.5) is 11.4 Å². The van der Waals surface area contributed by atoms with Crippen LogP contribution >= 0.6 is 0 Å². The van der Waals surface area contributed by atoms with Crippen LogP contribution < -0.4 is 10.2 Å². The van der Waals surface area contributed by atoms with E-state index in [-0.39, 0.29) is 5.91 Å². The van der Waals surface area contributed by atoms with E-state index in [2.05, 4.69) is 20.2 Å². The molecule has 19 heavy (non-hydrogen) atoms. The highest BCUT2D eigenvalue weighted by Crippen LogP contribution is 2.34. The molecule has 0 unspecified atom stereocenters. The maximum atomic E-state index is 11.4. The molecule has 0 radical (unpaired) electrons. The molecule has 100 valence electrons. The Kier molecular flexibility index (Phi) is 3.11. The van der Waals surface area contributed by atoms with Crippen LogP contribution in [-0.2, 0) is 4.79 Å². The Hall–Kier alpha value is -2.04. The number of hydrogen-bond donors (Lipinski definition) is 2. The first-order chi connectivity index (χ1) is 9.25. The highest BCUT2D eigenvalue weighted by Gasteiger charge is 2.19. The van der Waals surface area contributed by atoms with E-state index in [9.17, 15) is 4.79 Å². The Labute approximate surface area is 112 Å². The Morgan fingerprint density at radius 1 is 1.37 bits per heavy atom. The van der Waals surface area contributed by atoms with Crippen LogP contribution in [-0.4, -0.2) is 29.0 Å². The van der Waals surface area contributed by atoms with Crippen LogP contribution in [0.2, 0.25) is 0 Å². The Morgan fingerprint density at radius 2 is 2.16 bits per heavy atom. The third-order valence-corrected chi connectivity index (χ3v) is 3.54. The molecule has 3 rings (SSSR count). The third-order valence-electron chi connectivity index (χ3n) is 3.54. The van der Waals surface area contributed by atoms with Gasteiger partial charge in [0.1, 0.15) is 5.65 Å². The Bertz CT molecular complexity index is 599. The molecule has 1 fully saturated rings. The second-order valence-electron chi connectivity index (χ2n) is 4.99. The van der Waals surface area contributed by atoms with Gasteiger partial charge in [-0.1, -0.05) is 0 Å². The zero-order chi connectivity index (χ0) is 13.2. The summed E-state index contributed by atoms with van der Waals surface area (Å²) in [4.78, 5) is 21.2. The van der Waals surface area contributed by atoms with Gasteiger partial charge in [-0.15, -0.1) is 0 Å². The van der Waals surface area contributed by atoms with Crippen LogP contribution in [0.5, 0.6) is 0 Å². The van der Waals surface area contributed by atoms with Crippen molar-refractivity contribution in [3.63, 3.8) is 0 Å². The number of hydrogen-bond acceptors (Lipinski definition) is 3. The minimum absolute atomic E-state index is 0.0602. The molecule has 0 aromatic carbocycles. The summed E-state index contributed by atoms with van der Waals surface area (Å²) >= 11 is 0. The lowest BCUT2D eigenvalue weighted by molar-refractivity contribution is -0.114. The van der Waals surface area contributed by atoms with Gasteiger partial charge in [0.15, 0.2) is 0 Å². The fraction of sp³-hybridized carbons (Fsp3) is 0.429. The quantitative estimate of drug-likeness (QED) is 0.870. The number of aromatic nitrogens is 2. The van der Waals surface area contributed by atoms with Crippen LogP contribution in [0, 0.1) is 0 Å². The summed E-state index contributed by atoms with van der Waals surface area (Å²) in [6.07, 6.45) is 7.32. The van der Waals surface area contributed by atoms with E-state index in [1.54, 1.807) is 6.20 Å². The van der Waals surface area contributed by atoms with Gasteiger partial charge in [0.2, 0.25) is 5.91 Å². The average molecular weight is 258 g/mol. The minimum Gasteiger partial charge on any atom is -0.369 e. The lowest BCUT2D eigenvalue weighted by Gasteiger charge is -2.31. The van der Waals surface area contributed by atoms with Gasteiger partial charge in [-0.05, 0) is 25.3 Å². The van der Waals surface area contributed by atoms with Gasteiger partial charge in [-0.2, -0.15) is 0 Å². The molecule has 1 amide bonds. The molecule has 2 aromatic rings. The largest absolute Gasteiger partial charge is 0.369 e. The van der Waals surface area contributed by atoms with E-state index in [0.717, 1.165) is 35.5 Å². The fourth-order valence-electron chi connectivity index (χ4n) is 2.73.